The van der Waals surface area contributed by atoms with E-state index in [9.17, 15) is 9.59 Å². The Labute approximate surface area is 211 Å². The van der Waals surface area contributed by atoms with Gasteiger partial charge in [0.15, 0.2) is 6.61 Å². The highest BCUT2D eigenvalue weighted by Crippen LogP contribution is 2.27. The molecule has 0 heterocycles. The molecule has 0 spiro atoms. The van der Waals surface area contributed by atoms with Crippen molar-refractivity contribution in [3.63, 3.8) is 0 Å². The molecule has 0 saturated carbocycles. The summed E-state index contributed by atoms with van der Waals surface area (Å²) < 4.78 is 6.61. The Morgan fingerprint density at radius 2 is 1.70 bits per heavy atom. The molecule has 2 amide bonds. The van der Waals surface area contributed by atoms with Gasteiger partial charge in [-0.2, -0.15) is 0 Å². The number of likely N-dealkylation sites (N-methyl/N-ethyl adjacent to an activating group) is 1. The minimum absolute atomic E-state index is 0.245. The molecule has 33 heavy (non-hydrogen) atoms. The summed E-state index contributed by atoms with van der Waals surface area (Å²) in [6.07, 6.45) is 0.366. The van der Waals surface area contributed by atoms with Crippen LogP contribution >= 0.6 is 39.1 Å². The van der Waals surface area contributed by atoms with Crippen LogP contribution in [0.4, 0.5) is 0 Å². The van der Waals surface area contributed by atoms with Crippen molar-refractivity contribution < 1.29 is 14.3 Å². The molecule has 3 rings (SSSR count). The first-order chi connectivity index (χ1) is 15.9. The van der Waals surface area contributed by atoms with E-state index in [2.05, 4.69) is 21.2 Å². The van der Waals surface area contributed by atoms with Crippen LogP contribution in [-0.4, -0.2) is 36.4 Å². The zero-order chi connectivity index (χ0) is 23.8. The monoisotopic (exact) mass is 548 g/mol. The van der Waals surface area contributed by atoms with E-state index in [0.717, 1.165) is 15.6 Å². The second-order valence-electron chi connectivity index (χ2n) is 7.33. The first-order valence-electron chi connectivity index (χ1n) is 10.2. The topological polar surface area (TPSA) is 58.6 Å². The molecule has 0 aliphatic heterocycles. The van der Waals surface area contributed by atoms with Crippen LogP contribution in [0.1, 0.15) is 11.1 Å². The predicted molar refractivity (Wildman–Crippen MR) is 135 cm³/mol. The molecule has 1 atom stereocenters. The van der Waals surface area contributed by atoms with Crippen LogP contribution in [-0.2, 0) is 22.6 Å². The average molecular weight is 550 g/mol. The smallest absolute Gasteiger partial charge is 0.261 e. The Morgan fingerprint density at radius 3 is 2.33 bits per heavy atom. The molecule has 3 aromatic carbocycles. The van der Waals surface area contributed by atoms with E-state index in [1.165, 1.54) is 0 Å². The van der Waals surface area contributed by atoms with E-state index in [1.807, 2.05) is 54.6 Å². The number of nitrogens with zero attached hydrogens (tertiary/aromatic N) is 1. The van der Waals surface area contributed by atoms with Crippen molar-refractivity contribution >= 4 is 50.9 Å². The Bertz CT molecular complexity index is 1090. The number of ether oxygens (including phenoxy) is 1. The second-order valence-corrected chi connectivity index (χ2v) is 9.09. The SMILES string of the molecule is CNC(=O)[C@@H](Cc1ccccc1)N(Cc1ccc(Br)cc1)C(=O)COc1ccc(Cl)cc1Cl. The van der Waals surface area contributed by atoms with Crippen molar-refractivity contribution in [1.29, 1.82) is 0 Å². The fourth-order valence-electron chi connectivity index (χ4n) is 3.32. The number of halogens is 3. The maximum absolute atomic E-state index is 13.4. The molecular formula is C25H23BrCl2N2O3. The van der Waals surface area contributed by atoms with Gasteiger partial charge in [0.2, 0.25) is 5.91 Å². The van der Waals surface area contributed by atoms with E-state index in [1.54, 1.807) is 30.1 Å². The number of hydrogen-bond acceptors (Lipinski definition) is 3. The van der Waals surface area contributed by atoms with Gasteiger partial charge in [0.25, 0.3) is 5.91 Å². The normalized spacial score (nSPS) is 11.5. The first kappa shape index (κ1) is 25.1. The fourth-order valence-corrected chi connectivity index (χ4v) is 4.05. The molecule has 0 fully saturated rings. The highest BCUT2D eigenvalue weighted by atomic mass is 79.9. The maximum Gasteiger partial charge on any atom is 0.261 e. The fraction of sp³-hybridized carbons (Fsp3) is 0.200. The van der Waals surface area contributed by atoms with Gasteiger partial charge in [0.05, 0.1) is 5.02 Å². The average Bonchev–Trinajstić information content (AvgIpc) is 2.82. The number of carbonyl (C=O) groups excluding carboxylic acids is 2. The van der Waals surface area contributed by atoms with Gasteiger partial charge in [-0.1, -0.05) is 81.6 Å². The van der Waals surface area contributed by atoms with Crippen LogP contribution in [0.15, 0.2) is 77.3 Å². The summed E-state index contributed by atoms with van der Waals surface area (Å²) in [5.74, 6) is -0.250. The van der Waals surface area contributed by atoms with Crippen LogP contribution in [0, 0.1) is 0 Å². The minimum Gasteiger partial charge on any atom is -0.482 e. The third kappa shape index (κ3) is 7.22. The van der Waals surface area contributed by atoms with Crippen LogP contribution in [0.3, 0.4) is 0 Å². The summed E-state index contributed by atoms with van der Waals surface area (Å²) >= 11 is 15.5. The molecule has 0 radical (unpaired) electrons. The lowest BCUT2D eigenvalue weighted by molar-refractivity contribution is -0.142. The number of nitrogens with one attached hydrogen (secondary N) is 1. The Balaban J connectivity index is 1.87. The highest BCUT2D eigenvalue weighted by molar-refractivity contribution is 9.10. The van der Waals surface area contributed by atoms with Crippen LogP contribution in [0.5, 0.6) is 5.75 Å². The van der Waals surface area contributed by atoms with E-state index in [4.69, 9.17) is 27.9 Å². The quantitative estimate of drug-likeness (QED) is 0.382. The number of benzene rings is 3. The van der Waals surface area contributed by atoms with E-state index >= 15 is 0 Å². The lowest BCUT2D eigenvalue weighted by Gasteiger charge is -2.31. The third-order valence-corrected chi connectivity index (χ3v) is 6.09. The molecule has 0 bridgehead atoms. The zero-order valence-electron chi connectivity index (χ0n) is 17.9. The number of amides is 2. The van der Waals surface area contributed by atoms with E-state index in [0.29, 0.717) is 22.2 Å². The zero-order valence-corrected chi connectivity index (χ0v) is 21.0. The number of hydrogen-bond donors (Lipinski definition) is 1. The highest BCUT2D eigenvalue weighted by Gasteiger charge is 2.30. The standard InChI is InChI=1S/C25H23BrCl2N2O3/c1-29-25(32)22(13-17-5-3-2-4-6-17)30(15-18-7-9-19(26)10-8-18)24(31)16-33-23-12-11-20(27)14-21(23)28/h2-12,14,22H,13,15-16H2,1H3,(H,29,32)/t22-/m1/s1. The van der Waals surface area contributed by atoms with Crippen molar-refractivity contribution in [2.75, 3.05) is 13.7 Å². The summed E-state index contributed by atoms with van der Waals surface area (Å²) in [4.78, 5) is 27.8. The van der Waals surface area contributed by atoms with Crippen molar-refractivity contribution in [3.05, 3.63) is 98.4 Å². The predicted octanol–water partition coefficient (Wildman–Crippen LogP) is 5.52. The number of carbonyl (C=O) groups is 2. The summed E-state index contributed by atoms with van der Waals surface area (Å²) in [5, 5.41) is 3.47. The Morgan fingerprint density at radius 1 is 1.00 bits per heavy atom. The van der Waals surface area contributed by atoms with Gasteiger partial charge in [0, 0.05) is 29.5 Å². The summed E-state index contributed by atoms with van der Waals surface area (Å²) in [5.41, 5.74) is 1.83. The van der Waals surface area contributed by atoms with Gasteiger partial charge in [-0.25, -0.2) is 0 Å². The van der Waals surface area contributed by atoms with Gasteiger partial charge >= 0.3 is 0 Å². The largest absolute Gasteiger partial charge is 0.482 e. The van der Waals surface area contributed by atoms with Crippen molar-refractivity contribution in [3.8, 4) is 5.75 Å². The van der Waals surface area contributed by atoms with Gasteiger partial charge in [-0.3, -0.25) is 9.59 Å². The van der Waals surface area contributed by atoms with Crippen molar-refractivity contribution in [1.82, 2.24) is 10.2 Å². The summed E-state index contributed by atoms with van der Waals surface area (Å²) in [6.45, 7) is -0.0328. The molecule has 5 nitrogen and oxygen atoms in total. The maximum atomic E-state index is 13.4. The summed E-state index contributed by atoms with van der Waals surface area (Å²) in [6, 6.07) is 21.3. The molecule has 8 heteroatoms. The van der Waals surface area contributed by atoms with Crippen molar-refractivity contribution in [2.24, 2.45) is 0 Å². The minimum atomic E-state index is -0.724. The van der Waals surface area contributed by atoms with Gasteiger partial charge in [0.1, 0.15) is 11.8 Å². The Kier molecular flexibility index (Phi) is 9.18. The molecule has 1 N–H and O–H groups in total. The number of rotatable bonds is 9. The molecule has 0 aliphatic carbocycles. The lowest BCUT2D eigenvalue weighted by atomic mass is 10.0. The molecule has 0 unspecified atom stereocenters. The molecular weight excluding hydrogens is 527 g/mol. The third-order valence-electron chi connectivity index (χ3n) is 5.03. The molecule has 0 aromatic heterocycles. The van der Waals surface area contributed by atoms with E-state index in [-0.39, 0.29) is 25.0 Å². The molecule has 0 saturated heterocycles. The molecule has 0 aliphatic rings. The van der Waals surface area contributed by atoms with Crippen LogP contribution < -0.4 is 10.1 Å². The van der Waals surface area contributed by atoms with Gasteiger partial charge in [-0.05, 0) is 41.5 Å². The molecule has 172 valence electrons. The Hall–Kier alpha value is -2.54. The van der Waals surface area contributed by atoms with Crippen LogP contribution in [0.2, 0.25) is 10.0 Å². The lowest BCUT2D eigenvalue weighted by Crippen LogP contribution is -2.51. The summed E-state index contributed by atoms with van der Waals surface area (Å²) in [7, 11) is 1.56. The van der Waals surface area contributed by atoms with Crippen molar-refractivity contribution in [2.45, 2.75) is 19.0 Å². The second kappa shape index (κ2) is 12.1. The van der Waals surface area contributed by atoms with Gasteiger partial charge < -0.3 is 15.0 Å². The van der Waals surface area contributed by atoms with E-state index < -0.39 is 6.04 Å². The first-order valence-corrected chi connectivity index (χ1v) is 11.8. The van der Waals surface area contributed by atoms with Crippen LogP contribution in [0.25, 0.3) is 0 Å². The van der Waals surface area contributed by atoms with Gasteiger partial charge in [-0.15, -0.1) is 0 Å². The molecule has 3 aromatic rings.